The molecule has 7 nitrogen and oxygen atoms in total. The van der Waals surface area contributed by atoms with Gasteiger partial charge in [0.25, 0.3) is 0 Å². The molecule has 0 atom stereocenters. The van der Waals surface area contributed by atoms with Gasteiger partial charge in [-0.25, -0.2) is 4.79 Å². The number of amides is 1. The van der Waals surface area contributed by atoms with E-state index in [4.69, 9.17) is 23.7 Å². The number of carbonyl (C=O) groups is 1. The van der Waals surface area contributed by atoms with Crippen molar-refractivity contribution >= 4 is 6.09 Å². The van der Waals surface area contributed by atoms with Crippen molar-refractivity contribution in [2.75, 3.05) is 66.4 Å². The lowest BCUT2D eigenvalue weighted by Crippen LogP contribution is -2.32. The van der Waals surface area contributed by atoms with E-state index < -0.39 is 0 Å². The van der Waals surface area contributed by atoms with Gasteiger partial charge >= 0.3 is 6.09 Å². The highest BCUT2D eigenvalue weighted by Gasteiger charge is 2.29. The van der Waals surface area contributed by atoms with Gasteiger partial charge in [0, 0.05) is 19.5 Å². The summed E-state index contributed by atoms with van der Waals surface area (Å²) in [7, 11) is 1.72. The number of fused-ring (bicyclic) bond motifs is 3. The van der Waals surface area contributed by atoms with Gasteiger partial charge < -0.3 is 28.6 Å². The minimum absolute atomic E-state index is 0.0546. The molecule has 202 valence electrons. The van der Waals surface area contributed by atoms with Crippen LogP contribution in [-0.2, 0) is 30.3 Å². The lowest BCUT2D eigenvalue weighted by atomic mass is 9.98. The van der Waals surface area contributed by atoms with Crippen LogP contribution in [0.4, 0.5) is 4.79 Å². The molecule has 3 aromatic carbocycles. The molecule has 0 unspecified atom stereocenters. The summed E-state index contributed by atoms with van der Waals surface area (Å²) in [6.07, 6.45) is -0.350. The molecule has 4 rings (SSSR count). The Kier molecular flexibility index (Phi) is 11.2. The molecule has 0 aromatic heterocycles. The molecule has 7 heteroatoms. The third-order valence-corrected chi connectivity index (χ3v) is 6.45. The average Bonchev–Trinajstić information content (AvgIpc) is 3.28. The normalized spacial score (nSPS) is 12.2. The standard InChI is InChI=1S/C31H37NO6/c1-32(15-16-34-17-18-35-19-20-36-21-22-37-23-25-9-3-2-4-10-25)31(33)38-24-30-28-13-7-5-11-26(28)27-12-6-8-14-29(27)30/h2-14,30H,15-24H2,1H3. The number of hydrogen-bond acceptors (Lipinski definition) is 6. The van der Waals surface area contributed by atoms with E-state index in [2.05, 4.69) is 24.3 Å². The fourth-order valence-corrected chi connectivity index (χ4v) is 4.42. The second-order valence-electron chi connectivity index (χ2n) is 9.10. The quantitative estimate of drug-likeness (QED) is 0.244. The number of benzene rings is 3. The van der Waals surface area contributed by atoms with E-state index in [9.17, 15) is 4.79 Å². The third-order valence-electron chi connectivity index (χ3n) is 6.45. The Bertz CT molecular complexity index is 1080. The molecule has 0 heterocycles. The first-order chi connectivity index (χ1) is 18.7. The van der Waals surface area contributed by atoms with E-state index in [1.165, 1.54) is 22.3 Å². The van der Waals surface area contributed by atoms with Crippen molar-refractivity contribution in [2.45, 2.75) is 12.5 Å². The summed E-state index contributed by atoms with van der Waals surface area (Å²) in [4.78, 5) is 14.1. The molecule has 0 saturated carbocycles. The predicted octanol–water partition coefficient (Wildman–Crippen LogP) is 5.13. The number of carbonyl (C=O) groups excluding carboxylic acids is 1. The van der Waals surface area contributed by atoms with Crippen LogP contribution in [0.15, 0.2) is 78.9 Å². The van der Waals surface area contributed by atoms with Gasteiger partial charge in [-0.2, -0.15) is 0 Å². The minimum Gasteiger partial charge on any atom is -0.448 e. The van der Waals surface area contributed by atoms with E-state index in [0.717, 1.165) is 5.56 Å². The van der Waals surface area contributed by atoms with Crippen molar-refractivity contribution in [3.05, 3.63) is 95.6 Å². The number of rotatable bonds is 16. The smallest absolute Gasteiger partial charge is 0.409 e. The highest BCUT2D eigenvalue weighted by atomic mass is 16.6. The molecule has 1 aliphatic carbocycles. The maximum atomic E-state index is 12.5. The number of hydrogen-bond donors (Lipinski definition) is 0. The van der Waals surface area contributed by atoms with Crippen LogP contribution in [0.5, 0.6) is 0 Å². The van der Waals surface area contributed by atoms with Crippen LogP contribution < -0.4 is 0 Å². The minimum atomic E-state index is -0.350. The lowest BCUT2D eigenvalue weighted by Gasteiger charge is -2.19. The van der Waals surface area contributed by atoms with Crippen LogP contribution in [0.1, 0.15) is 22.6 Å². The van der Waals surface area contributed by atoms with Crippen molar-refractivity contribution in [3.63, 3.8) is 0 Å². The van der Waals surface area contributed by atoms with Gasteiger partial charge in [0.1, 0.15) is 6.61 Å². The van der Waals surface area contributed by atoms with Gasteiger partial charge in [-0.05, 0) is 27.8 Å². The van der Waals surface area contributed by atoms with Crippen molar-refractivity contribution in [1.29, 1.82) is 0 Å². The maximum absolute atomic E-state index is 12.5. The van der Waals surface area contributed by atoms with Crippen LogP contribution in [0, 0.1) is 0 Å². The Labute approximate surface area is 225 Å². The summed E-state index contributed by atoms with van der Waals surface area (Å²) in [5.74, 6) is 0.0546. The highest BCUT2D eigenvalue weighted by molar-refractivity contribution is 5.79. The first-order valence-electron chi connectivity index (χ1n) is 13.1. The Balaban J connectivity index is 1.00. The molecular weight excluding hydrogens is 482 g/mol. The highest BCUT2D eigenvalue weighted by Crippen LogP contribution is 2.44. The van der Waals surface area contributed by atoms with E-state index in [-0.39, 0.29) is 12.0 Å². The van der Waals surface area contributed by atoms with Gasteiger partial charge in [-0.1, -0.05) is 78.9 Å². The van der Waals surface area contributed by atoms with E-state index in [1.807, 2.05) is 54.6 Å². The van der Waals surface area contributed by atoms with Crippen LogP contribution in [0.2, 0.25) is 0 Å². The van der Waals surface area contributed by atoms with Crippen molar-refractivity contribution < 1.29 is 28.5 Å². The summed E-state index contributed by atoms with van der Waals surface area (Å²) in [6, 6.07) is 26.7. The Morgan fingerprint density at radius 1 is 0.658 bits per heavy atom. The number of nitrogens with zero attached hydrogens (tertiary/aromatic N) is 1. The molecule has 0 aliphatic heterocycles. The molecule has 1 amide bonds. The molecule has 0 fully saturated rings. The zero-order valence-electron chi connectivity index (χ0n) is 22.1. The third kappa shape index (κ3) is 8.13. The predicted molar refractivity (Wildman–Crippen MR) is 146 cm³/mol. The number of ether oxygens (including phenoxy) is 5. The molecule has 0 radical (unpaired) electrons. The van der Waals surface area contributed by atoms with Crippen LogP contribution in [0.25, 0.3) is 11.1 Å². The van der Waals surface area contributed by atoms with Gasteiger partial charge in [-0.15, -0.1) is 0 Å². The molecule has 0 saturated heterocycles. The summed E-state index contributed by atoms with van der Waals surface area (Å²) in [6.45, 7) is 4.80. The van der Waals surface area contributed by atoms with E-state index >= 15 is 0 Å². The Morgan fingerprint density at radius 3 is 1.76 bits per heavy atom. The molecule has 1 aliphatic rings. The van der Waals surface area contributed by atoms with Crippen LogP contribution in [-0.4, -0.2) is 77.4 Å². The first kappa shape index (κ1) is 27.8. The fraction of sp³-hybridized carbons (Fsp3) is 0.387. The summed E-state index contributed by atoms with van der Waals surface area (Å²) < 4.78 is 27.9. The number of likely N-dealkylation sites (N-methyl/N-ethyl adjacent to an activating group) is 1. The SMILES string of the molecule is CN(CCOCCOCCOCCOCc1ccccc1)C(=O)OCC1c2ccccc2-c2ccccc21. The monoisotopic (exact) mass is 519 g/mol. The molecule has 3 aromatic rings. The summed E-state index contributed by atoms with van der Waals surface area (Å²) in [5, 5.41) is 0. The zero-order valence-corrected chi connectivity index (χ0v) is 22.1. The van der Waals surface area contributed by atoms with E-state index in [0.29, 0.717) is 66.0 Å². The largest absolute Gasteiger partial charge is 0.448 e. The van der Waals surface area contributed by atoms with Crippen molar-refractivity contribution in [1.82, 2.24) is 4.90 Å². The van der Waals surface area contributed by atoms with Gasteiger partial charge in [0.05, 0.1) is 52.9 Å². The van der Waals surface area contributed by atoms with Gasteiger partial charge in [0.2, 0.25) is 0 Å². The van der Waals surface area contributed by atoms with Crippen molar-refractivity contribution in [2.24, 2.45) is 0 Å². The summed E-state index contributed by atoms with van der Waals surface area (Å²) >= 11 is 0. The van der Waals surface area contributed by atoms with Crippen LogP contribution >= 0.6 is 0 Å². The maximum Gasteiger partial charge on any atom is 0.409 e. The average molecular weight is 520 g/mol. The Morgan fingerprint density at radius 2 is 1.16 bits per heavy atom. The van der Waals surface area contributed by atoms with E-state index in [1.54, 1.807) is 11.9 Å². The second kappa shape index (κ2) is 15.2. The van der Waals surface area contributed by atoms with Gasteiger partial charge in [-0.3, -0.25) is 0 Å². The second-order valence-corrected chi connectivity index (χ2v) is 9.10. The molecule has 0 bridgehead atoms. The fourth-order valence-electron chi connectivity index (χ4n) is 4.42. The lowest BCUT2D eigenvalue weighted by molar-refractivity contribution is -0.00556. The topological polar surface area (TPSA) is 66.5 Å². The van der Waals surface area contributed by atoms with Crippen molar-refractivity contribution in [3.8, 4) is 11.1 Å². The van der Waals surface area contributed by atoms with Gasteiger partial charge in [0.15, 0.2) is 0 Å². The van der Waals surface area contributed by atoms with Crippen LogP contribution in [0.3, 0.4) is 0 Å². The molecule has 0 N–H and O–H groups in total. The summed E-state index contributed by atoms with van der Waals surface area (Å²) in [5.41, 5.74) is 5.99. The molecule has 0 spiro atoms. The zero-order chi connectivity index (χ0) is 26.4. The molecular formula is C31H37NO6. The Hall–Kier alpha value is -3.23. The first-order valence-corrected chi connectivity index (χ1v) is 13.1. The molecule has 38 heavy (non-hydrogen) atoms.